The average Bonchev–Trinajstić information content (AvgIpc) is 2.67. The van der Waals surface area contributed by atoms with E-state index >= 15 is 0 Å². The quantitative estimate of drug-likeness (QED) is 0.724. The summed E-state index contributed by atoms with van der Waals surface area (Å²) in [4.78, 5) is 10.9. The van der Waals surface area contributed by atoms with E-state index in [1.54, 1.807) is 12.4 Å². The number of nitrogens with zero attached hydrogens (tertiary/aromatic N) is 3. The van der Waals surface area contributed by atoms with Gasteiger partial charge in [-0.2, -0.15) is 0 Å². The van der Waals surface area contributed by atoms with Gasteiger partial charge in [-0.25, -0.2) is 9.97 Å². The first kappa shape index (κ1) is 17.5. The Hall–Kier alpha value is -2.86. The topological polar surface area (TPSA) is 76.3 Å². The van der Waals surface area contributed by atoms with Crippen molar-refractivity contribution in [2.45, 2.75) is 25.5 Å². The van der Waals surface area contributed by atoms with Gasteiger partial charge in [0, 0.05) is 36.9 Å². The second-order valence-corrected chi connectivity index (χ2v) is 7.13. The lowest BCUT2D eigenvalue weighted by Crippen LogP contribution is -2.38. The summed E-state index contributed by atoms with van der Waals surface area (Å²) in [6, 6.07) is 12.1. The molecule has 3 aromatic rings. The number of likely N-dealkylation sites (N-methyl/N-ethyl adjacent to an activating group) is 1. The summed E-state index contributed by atoms with van der Waals surface area (Å²) in [6.45, 7) is 2.80. The van der Waals surface area contributed by atoms with E-state index in [1.165, 1.54) is 6.42 Å². The monoisotopic (exact) mass is 363 g/mol. The first-order valence-electron chi connectivity index (χ1n) is 9.35. The Morgan fingerprint density at radius 1 is 1.19 bits per heavy atom. The third-order valence-electron chi connectivity index (χ3n) is 4.95. The largest absolute Gasteiger partial charge is 0.489 e. The lowest BCUT2D eigenvalue weighted by atomic mass is 10.1. The van der Waals surface area contributed by atoms with E-state index in [9.17, 15) is 0 Å². The summed E-state index contributed by atoms with van der Waals surface area (Å²) in [5.41, 5.74) is 7.08. The molecule has 6 nitrogen and oxygen atoms in total. The van der Waals surface area contributed by atoms with Gasteiger partial charge in [0.25, 0.3) is 0 Å². The van der Waals surface area contributed by atoms with Gasteiger partial charge in [0.15, 0.2) is 0 Å². The molecule has 3 heterocycles. The van der Waals surface area contributed by atoms with Crippen LogP contribution in [0.3, 0.4) is 0 Å². The van der Waals surface area contributed by atoms with Crippen molar-refractivity contribution in [2.24, 2.45) is 0 Å². The number of likely N-dealkylation sites (tertiary alicyclic amines) is 1. The van der Waals surface area contributed by atoms with Gasteiger partial charge < -0.3 is 20.7 Å². The van der Waals surface area contributed by atoms with Crippen molar-refractivity contribution in [1.29, 1.82) is 0 Å². The molecule has 4 rings (SSSR count). The highest BCUT2D eigenvalue weighted by Gasteiger charge is 2.18. The van der Waals surface area contributed by atoms with Gasteiger partial charge in [-0.1, -0.05) is 12.1 Å². The molecule has 1 saturated heterocycles. The minimum Gasteiger partial charge on any atom is -0.489 e. The van der Waals surface area contributed by atoms with Gasteiger partial charge in [0.2, 0.25) is 0 Å². The Kier molecular flexibility index (Phi) is 5.07. The third-order valence-corrected chi connectivity index (χ3v) is 4.95. The number of piperidine rings is 1. The average molecular weight is 363 g/mol. The van der Waals surface area contributed by atoms with Gasteiger partial charge in [-0.15, -0.1) is 0 Å². The van der Waals surface area contributed by atoms with Crippen LogP contribution in [-0.2, 0) is 6.54 Å². The van der Waals surface area contributed by atoms with Crippen LogP contribution in [0.5, 0.6) is 5.75 Å². The van der Waals surface area contributed by atoms with E-state index in [-0.39, 0.29) is 6.10 Å². The minimum atomic E-state index is 0.249. The number of anilines is 2. The Labute approximate surface area is 159 Å². The van der Waals surface area contributed by atoms with Crippen LogP contribution in [0.1, 0.15) is 18.4 Å². The van der Waals surface area contributed by atoms with Crippen LogP contribution < -0.4 is 15.8 Å². The predicted molar refractivity (Wildman–Crippen MR) is 109 cm³/mol. The van der Waals surface area contributed by atoms with Gasteiger partial charge in [-0.05, 0) is 55.6 Å². The van der Waals surface area contributed by atoms with Crippen molar-refractivity contribution in [2.75, 3.05) is 31.2 Å². The fourth-order valence-corrected chi connectivity index (χ4v) is 3.54. The van der Waals surface area contributed by atoms with Crippen molar-refractivity contribution in [1.82, 2.24) is 14.9 Å². The zero-order chi connectivity index (χ0) is 18.6. The van der Waals surface area contributed by atoms with Crippen LogP contribution in [0, 0.1) is 0 Å². The Balaban J connectivity index is 1.41. The number of nitrogen functional groups attached to an aromatic ring is 1. The van der Waals surface area contributed by atoms with E-state index in [4.69, 9.17) is 10.5 Å². The molecule has 0 spiro atoms. The molecular weight excluding hydrogens is 338 g/mol. The second-order valence-electron chi connectivity index (χ2n) is 7.13. The maximum Gasteiger partial charge on any atom is 0.131 e. The molecule has 0 aliphatic carbocycles. The molecule has 1 aliphatic rings. The number of nitrogens with one attached hydrogen (secondary N) is 1. The Morgan fingerprint density at radius 2 is 2.07 bits per heavy atom. The predicted octanol–water partition coefficient (Wildman–Crippen LogP) is 3.30. The maximum atomic E-state index is 6.15. The van der Waals surface area contributed by atoms with Crippen LogP contribution >= 0.6 is 0 Å². The zero-order valence-electron chi connectivity index (χ0n) is 15.6. The van der Waals surface area contributed by atoms with Gasteiger partial charge >= 0.3 is 0 Å². The van der Waals surface area contributed by atoms with Crippen LogP contribution in [0.4, 0.5) is 11.6 Å². The molecule has 1 aromatic carbocycles. The van der Waals surface area contributed by atoms with Gasteiger partial charge in [-0.3, -0.25) is 0 Å². The molecule has 0 bridgehead atoms. The highest BCUT2D eigenvalue weighted by atomic mass is 16.5. The number of aromatic nitrogens is 2. The fourth-order valence-electron chi connectivity index (χ4n) is 3.54. The number of nitrogens with two attached hydrogens (primary N) is 1. The summed E-state index contributed by atoms with van der Waals surface area (Å²) < 4.78 is 6.15. The fraction of sp³-hybridized carbons (Fsp3) is 0.333. The molecule has 3 N–H and O–H groups in total. The molecule has 0 saturated carbocycles. The Morgan fingerprint density at radius 3 is 2.96 bits per heavy atom. The van der Waals surface area contributed by atoms with Crippen LogP contribution in [0.15, 0.2) is 48.8 Å². The summed E-state index contributed by atoms with van der Waals surface area (Å²) in [6.07, 6.45) is 6.05. The summed E-state index contributed by atoms with van der Waals surface area (Å²) in [7, 11) is 2.14. The van der Waals surface area contributed by atoms with Crippen LogP contribution in [0.25, 0.3) is 10.8 Å². The number of hydrogen-bond acceptors (Lipinski definition) is 6. The molecule has 0 radical (unpaired) electrons. The van der Waals surface area contributed by atoms with Gasteiger partial charge in [0.1, 0.15) is 23.5 Å². The number of ether oxygens (including phenoxy) is 1. The SMILES string of the molecule is CN1CCCC(Oc2ccnc(NCc3ccc4c(N)nccc4c3)c2)C1. The van der Waals surface area contributed by atoms with E-state index in [1.807, 2.05) is 24.3 Å². The first-order chi connectivity index (χ1) is 13.2. The van der Waals surface area contributed by atoms with E-state index < -0.39 is 0 Å². The van der Waals surface area contributed by atoms with Gasteiger partial charge in [0.05, 0.1) is 0 Å². The van der Waals surface area contributed by atoms with E-state index in [2.05, 4.69) is 39.4 Å². The molecule has 0 amide bonds. The number of benzene rings is 1. The van der Waals surface area contributed by atoms with Crippen molar-refractivity contribution in [3.63, 3.8) is 0 Å². The second kappa shape index (κ2) is 7.80. The Bertz CT molecular complexity index is 929. The third kappa shape index (κ3) is 4.28. The minimum absolute atomic E-state index is 0.249. The standard InChI is InChI=1S/C21H25N5O/c1-26-10-2-3-18(14-26)27-17-7-9-23-20(12-17)25-13-15-4-5-19-16(11-15)6-8-24-21(19)22/h4-9,11-12,18H,2-3,10,13-14H2,1H3,(H2,22,24)(H,23,25). The molecule has 27 heavy (non-hydrogen) atoms. The highest BCUT2D eigenvalue weighted by Crippen LogP contribution is 2.22. The first-order valence-corrected chi connectivity index (χ1v) is 9.35. The van der Waals surface area contributed by atoms with E-state index in [0.717, 1.165) is 47.4 Å². The molecule has 1 aliphatic heterocycles. The number of hydrogen-bond donors (Lipinski definition) is 2. The highest BCUT2D eigenvalue weighted by molar-refractivity contribution is 5.91. The number of fused-ring (bicyclic) bond motifs is 1. The van der Waals surface area contributed by atoms with Crippen molar-refractivity contribution >= 4 is 22.4 Å². The number of pyridine rings is 2. The van der Waals surface area contributed by atoms with Crippen molar-refractivity contribution in [3.8, 4) is 5.75 Å². The smallest absolute Gasteiger partial charge is 0.131 e. The van der Waals surface area contributed by atoms with Crippen molar-refractivity contribution < 1.29 is 4.74 Å². The van der Waals surface area contributed by atoms with Crippen LogP contribution in [-0.4, -0.2) is 41.1 Å². The molecule has 140 valence electrons. The zero-order valence-corrected chi connectivity index (χ0v) is 15.6. The lowest BCUT2D eigenvalue weighted by molar-refractivity contribution is 0.104. The van der Waals surface area contributed by atoms with Crippen LogP contribution in [0.2, 0.25) is 0 Å². The normalized spacial score (nSPS) is 17.7. The maximum absolute atomic E-state index is 6.15. The van der Waals surface area contributed by atoms with Crippen molar-refractivity contribution in [3.05, 3.63) is 54.4 Å². The van der Waals surface area contributed by atoms with E-state index in [0.29, 0.717) is 12.4 Å². The molecule has 1 atom stereocenters. The lowest BCUT2D eigenvalue weighted by Gasteiger charge is -2.30. The molecular formula is C21H25N5O. The number of rotatable bonds is 5. The summed E-state index contributed by atoms with van der Waals surface area (Å²) in [5.74, 6) is 2.24. The molecule has 2 aromatic heterocycles. The summed E-state index contributed by atoms with van der Waals surface area (Å²) in [5, 5.41) is 5.45. The summed E-state index contributed by atoms with van der Waals surface area (Å²) >= 11 is 0. The molecule has 1 unspecified atom stereocenters. The molecule has 1 fully saturated rings. The molecule has 6 heteroatoms.